The fourth-order valence-electron chi connectivity index (χ4n) is 3.65. The van der Waals surface area contributed by atoms with Crippen LogP contribution < -0.4 is 0 Å². The Labute approximate surface area is 160 Å². The van der Waals surface area contributed by atoms with Gasteiger partial charge in [0.25, 0.3) is 0 Å². The summed E-state index contributed by atoms with van der Waals surface area (Å²) < 4.78 is 33.4. The molecule has 0 spiro atoms. The molecule has 0 amide bonds. The fourth-order valence-corrected chi connectivity index (χ4v) is 4.69. The van der Waals surface area contributed by atoms with E-state index < -0.39 is 11.4 Å². The van der Waals surface area contributed by atoms with Gasteiger partial charge >= 0.3 is 0 Å². The minimum atomic E-state index is -0.730. The van der Waals surface area contributed by atoms with Gasteiger partial charge in [-0.15, -0.1) is 11.8 Å². The maximum Gasteiger partial charge on any atom is 0.185 e. The molecule has 2 unspecified atom stereocenters. The molecular formula is C20H18F2N2O2S. The van der Waals surface area contributed by atoms with Crippen molar-refractivity contribution in [3.63, 3.8) is 0 Å². The van der Waals surface area contributed by atoms with Gasteiger partial charge in [0.05, 0.1) is 24.5 Å². The van der Waals surface area contributed by atoms with E-state index >= 15 is 0 Å². The second-order valence-electron chi connectivity index (χ2n) is 6.85. The smallest absolute Gasteiger partial charge is 0.185 e. The van der Waals surface area contributed by atoms with Crippen LogP contribution in [0.25, 0.3) is 0 Å². The zero-order valence-corrected chi connectivity index (χ0v) is 15.6. The van der Waals surface area contributed by atoms with Crippen molar-refractivity contribution >= 4 is 22.6 Å². The Morgan fingerprint density at radius 1 is 1.33 bits per heavy atom. The number of hydrogen-bond acceptors (Lipinski definition) is 5. The van der Waals surface area contributed by atoms with E-state index in [1.807, 2.05) is 6.92 Å². The molecule has 1 aromatic heterocycles. The van der Waals surface area contributed by atoms with Gasteiger partial charge in [0.2, 0.25) is 0 Å². The number of rotatable bonds is 4. The predicted octanol–water partition coefficient (Wildman–Crippen LogP) is 3.79. The molecule has 0 radical (unpaired) electrons. The number of fused-ring (bicyclic) bond motifs is 1. The van der Waals surface area contributed by atoms with Gasteiger partial charge in [-0.25, -0.2) is 8.78 Å². The van der Waals surface area contributed by atoms with Crippen LogP contribution in [-0.2, 0) is 16.7 Å². The van der Waals surface area contributed by atoms with E-state index in [-0.39, 0.29) is 29.6 Å². The summed E-state index contributed by atoms with van der Waals surface area (Å²) in [5, 5.41) is 0.910. The van der Waals surface area contributed by atoms with E-state index in [1.54, 1.807) is 23.9 Å². The van der Waals surface area contributed by atoms with Crippen molar-refractivity contribution in [1.82, 2.24) is 4.98 Å². The molecule has 1 aromatic carbocycles. The molecule has 2 aliphatic rings. The Balaban J connectivity index is 1.67. The molecule has 2 aromatic rings. The predicted molar refractivity (Wildman–Crippen MR) is 100 cm³/mol. The zero-order chi connectivity index (χ0) is 19.0. The summed E-state index contributed by atoms with van der Waals surface area (Å²) in [6.07, 6.45) is 1.07. The van der Waals surface area contributed by atoms with Crippen molar-refractivity contribution in [2.45, 2.75) is 18.9 Å². The molecule has 3 heterocycles. The van der Waals surface area contributed by atoms with Gasteiger partial charge in [-0.2, -0.15) is 0 Å². The highest BCUT2D eigenvalue weighted by atomic mass is 32.2. The largest absolute Gasteiger partial charge is 0.378 e. The first kappa shape index (κ1) is 18.3. The lowest BCUT2D eigenvalue weighted by atomic mass is 9.80. The molecule has 4 rings (SSSR count). The van der Waals surface area contributed by atoms with Crippen LogP contribution in [0.3, 0.4) is 0 Å². The summed E-state index contributed by atoms with van der Waals surface area (Å²) in [5.74, 6) is -0.152. The normalized spacial score (nSPS) is 24.4. The van der Waals surface area contributed by atoms with Crippen molar-refractivity contribution in [2.24, 2.45) is 10.9 Å². The number of aliphatic imine (C=N–C) groups is 1. The highest BCUT2D eigenvalue weighted by Gasteiger charge is 2.49. The number of carbonyl (C=O) groups is 1. The molecule has 1 fully saturated rings. The monoisotopic (exact) mass is 388 g/mol. The van der Waals surface area contributed by atoms with E-state index in [0.29, 0.717) is 24.3 Å². The highest BCUT2D eigenvalue weighted by Crippen LogP contribution is 2.45. The molecule has 140 valence electrons. The minimum absolute atomic E-state index is 0.0605. The number of Topliss-reactive ketones (excluding diaryl/α,β-unsaturated/α-hetero) is 1. The van der Waals surface area contributed by atoms with E-state index in [9.17, 15) is 13.6 Å². The Morgan fingerprint density at radius 2 is 2.19 bits per heavy atom. The van der Waals surface area contributed by atoms with E-state index in [4.69, 9.17) is 9.73 Å². The third kappa shape index (κ3) is 3.41. The number of carbonyl (C=O) groups excluding carboxylic acids is 1. The van der Waals surface area contributed by atoms with Gasteiger partial charge in [0.1, 0.15) is 22.9 Å². The van der Waals surface area contributed by atoms with Crippen LogP contribution in [0.15, 0.2) is 41.5 Å². The molecule has 27 heavy (non-hydrogen) atoms. The van der Waals surface area contributed by atoms with Gasteiger partial charge in [-0.3, -0.25) is 14.8 Å². The number of nitrogens with zero attached hydrogens (tertiary/aromatic N) is 2. The second-order valence-corrected chi connectivity index (χ2v) is 8.07. The summed E-state index contributed by atoms with van der Waals surface area (Å²) >= 11 is 1.66. The van der Waals surface area contributed by atoms with Crippen LogP contribution in [0.2, 0.25) is 0 Å². The minimum Gasteiger partial charge on any atom is -0.378 e. The maximum absolute atomic E-state index is 14.7. The number of pyridine rings is 1. The standard InChI is InChI=1S/C20H18F2N2O2S/c1-12-24-20(11-26-9-14(20)10-27-12)16-6-13(2-4-17(16)22)7-19(25)18-5-3-15(21)8-23-18/h2-6,8,14H,7,9-11H2,1H3. The van der Waals surface area contributed by atoms with Crippen LogP contribution in [0, 0.1) is 17.6 Å². The molecule has 0 N–H and O–H groups in total. The van der Waals surface area contributed by atoms with Crippen molar-refractivity contribution in [1.29, 1.82) is 0 Å². The quantitative estimate of drug-likeness (QED) is 0.748. The van der Waals surface area contributed by atoms with Crippen molar-refractivity contribution in [2.75, 3.05) is 19.0 Å². The molecule has 1 saturated heterocycles. The number of ketones is 1. The van der Waals surface area contributed by atoms with E-state index in [2.05, 4.69) is 4.98 Å². The lowest BCUT2D eigenvalue weighted by Gasteiger charge is -2.34. The molecule has 0 aliphatic carbocycles. The van der Waals surface area contributed by atoms with Crippen molar-refractivity contribution in [3.8, 4) is 0 Å². The van der Waals surface area contributed by atoms with Gasteiger partial charge in [0, 0.05) is 23.7 Å². The van der Waals surface area contributed by atoms with Crippen molar-refractivity contribution < 1.29 is 18.3 Å². The Kier molecular flexibility index (Phi) is 4.82. The average Bonchev–Trinajstić information content (AvgIpc) is 3.07. The van der Waals surface area contributed by atoms with Crippen LogP contribution >= 0.6 is 11.8 Å². The third-order valence-corrected chi connectivity index (χ3v) is 6.12. The third-order valence-electron chi connectivity index (χ3n) is 5.04. The Morgan fingerprint density at radius 3 is 2.96 bits per heavy atom. The number of hydrogen-bond donors (Lipinski definition) is 0. The average molecular weight is 388 g/mol. The summed E-state index contributed by atoms with van der Waals surface area (Å²) in [5.41, 5.74) is 0.605. The highest BCUT2D eigenvalue weighted by molar-refractivity contribution is 8.13. The Bertz CT molecular complexity index is 917. The molecule has 2 aliphatic heterocycles. The Hall–Kier alpha value is -2.12. The SMILES string of the molecule is CC1=NC2(c3cc(CC(=O)c4ccc(F)cn4)ccc3F)COCC2CS1. The second kappa shape index (κ2) is 7.13. The molecule has 2 atom stereocenters. The van der Waals surface area contributed by atoms with Crippen LogP contribution in [0.4, 0.5) is 8.78 Å². The van der Waals surface area contributed by atoms with Crippen LogP contribution in [-0.4, -0.2) is 34.8 Å². The number of thioether (sulfide) groups is 1. The first-order chi connectivity index (χ1) is 13.0. The molecular weight excluding hydrogens is 370 g/mol. The van der Waals surface area contributed by atoms with E-state index in [1.165, 1.54) is 18.2 Å². The maximum atomic E-state index is 14.7. The zero-order valence-electron chi connectivity index (χ0n) is 14.7. The first-order valence-corrected chi connectivity index (χ1v) is 9.67. The molecule has 0 saturated carbocycles. The van der Waals surface area contributed by atoms with Gasteiger partial charge in [0.15, 0.2) is 5.78 Å². The lowest BCUT2D eigenvalue weighted by Crippen LogP contribution is -2.38. The first-order valence-electron chi connectivity index (χ1n) is 8.68. The summed E-state index contributed by atoms with van der Waals surface area (Å²) in [6.45, 7) is 2.81. The molecule has 0 bridgehead atoms. The number of aromatic nitrogens is 1. The number of halogens is 2. The van der Waals surface area contributed by atoms with Gasteiger partial charge in [-0.1, -0.05) is 6.07 Å². The van der Waals surface area contributed by atoms with Gasteiger partial charge < -0.3 is 4.74 Å². The molecule has 7 heteroatoms. The van der Waals surface area contributed by atoms with Crippen LogP contribution in [0.5, 0.6) is 0 Å². The van der Waals surface area contributed by atoms with E-state index in [0.717, 1.165) is 17.0 Å². The topological polar surface area (TPSA) is 51.5 Å². The fraction of sp³-hybridized carbons (Fsp3) is 0.350. The number of ether oxygens (including phenoxy) is 1. The summed E-state index contributed by atoms with van der Waals surface area (Å²) in [6, 6.07) is 7.24. The number of benzene rings is 1. The van der Waals surface area contributed by atoms with Gasteiger partial charge in [-0.05, 0) is 36.8 Å². The van der Waals surface area contributed by atoms with Crippen LogP contribution in [0.1, 0.15) is 28.5 Å². The molecule has 4 nitrogen and oxygen atoms in total. The lowest BCUT2D eigenvalue weighted by molar-refractivity contribution is 0.0988. The van der Waals surface area contributed by atoms with Crippen molar-refractivity contribution in [3.05, 3.63) is 65.0 Å². The summed E-state index contributed by atoms with van der Waals surface area (Å²) in [4.78, 5) is 21.0. The summed E-state index contributed by atoms with van der Waals surface area (Å²) in [7, 11) is 0.